The maximum absolute atomic E-state index is 12.2. The Bertz CT molecular complexity index is 255. The van der Waals surface area contributed by atoms with Crippen molar-refractivity contribution in [2.24, 2.45) is 11.7 Å². The molecule has 0 radical (unpaired) electrons. The van der Waals surface area contributed by atoms with E-state index in [1.54, 1.807) is 0 Å². The molecule has 94 valence electrons. The van der Waals surface area contributed by atoms with Crippen LogP contribution in [0.25, 0.3) is 0 Å². The van der Waals surface area contributed by atoms with Crippen LogP contribution in [0.4, 0.5) is 13.2 Å². The van der Waals surface area contributed by atoms with Gasteiger partial charge in [-0.15, -0.1) is 0 Å². The Morgan fingerprint density at radius 3 is 2.44 bits per heavy atom. The maximum Gasteiger partial charge on any atom is 0.406 e. The molecule has 0 aromatic heterocycles. The van der Waals surface area contributed by atoms with Crippen LogP contribution in [0.3, 0.4) is 0 Å². The van der Waals surface area contributed by atoms with E-state index in [-0.39, 0.29) is 18.5 Å². The Morgan fingerprint density at radius 2 is 2.06 bits per heavy atom. The third-order valence-corrected chi connectivity index (χ3v) is 2.62. The molecule has 0 spiro atoms. The van der Waals surface area contributed by atoms with Gasteiger partial charge < -0.3 is 10.6 Å². The second kappa shape index (κ2) is 5.03. The molecule has 1 fully saturated rings. The molecule has 3 nitrogen and oxygen atoms in total. The lowest BCUT2D eigenvalue weighted by Crippen LogP contribution is -2.41. The summed E-state index contributed by atoms with van der Waals surface area (Å²) in [6, 6.07) is -0.245. The number of unbranched alkanes of at least 4 members (excludes halogenated alkanes) is 1. The summed E-state index contributed by atoms with van der Waals surface area (Å²) in [7, 11) is 0. The van der Waals surface area contributed by atoms with Crippen LogP contribution in [-0.4, -0.2) is 36.1 Å². The topological polar surface area (TPSA) is 46.3 Å². The Balaban J connectivity index is 2.52. The first kappa shape index (κ1) is 13.3. The first-order chi connectivity index (χ1) is 7.35. The molecule has 0 aromatic rings. The summed E-state index contributed by atoms with van der Waals surface area (Å²) in [5.41, 5.74) is 5.47. The predicted molar refractivity (Wildman–Crippen MR) is 53.6 cm³/mol. The van der Waals surface area contributed by atoms with Gasteiger partial charge >= 0.3 is 6.18 Å². The van der Waals surface area contributed by atoms with Crippen LogP contribution in [0.5, 0.6) is 0 Å². The number of halogens is 3. The molecule has 1 aliphatic carbocycles. The average Bonchev–Trinajstić information content (AvgIpc) is 2.87. The first-order valence-corrected chi connectivity index (χ1v) is 5.46. The number of carbonyl (C=O) groups excluding carboxylic acids is 1. The van der Waals surface area contributed by atoms with Gasteiger partial charge in [0.15, 0.2) is 0 Å². The van der Waals surface area contributed by atoms with Crippen LogP contribution in [-0.2, 0) is 4.79 Å². The van der Waals surface area contributed by atoms with E-state index in [0.29, 0.717) is 12.8 Å². The number of rotatable bonds is 5. The van der Waals surface area contributed by atoms with Crippen LogP contribution in [0, 0.1) is 5.92 Å². The summed E-state index contributed by atoms with van der Waals surface area (Å²) in [5.74, 6) is -0.836. The highest BCUT2D eigenvalue weighted by Crippen LogP contribution is 2.31. The van der Waals surface area contributed by atoms with Gasteiger partial charge in [0.05, 0.1) is 5.92 Å². The SMILES string of the molecule is CCCCN(CC(F)(F)F)C(=O)C1CC1N. The fourth-order valence-corrected chi connectivity index (χ4v) is 1.57. The molecule has 2 N–H and O–H groups in total. The van der Waals surface area contributed by atoms with E-state index in [4.69, 9.17) is 5.73 Å². The quantitative estimate of drug-likeness (QED) is 0.789. The third kappa shape index (κ3) is 4.00. The lowest BCUT2D eigenvalue weighted by Gasteiger charge is -2.23. The molecule has 0 aromatic carbocycles. The molecule has 0 heterocycles. The van der Waals surface area contributed by atoms with Gasteiger partial charge in [0.2, 0.25) is 5.91 Å². The van der Waals surface area contributed by atoms with Crippen LogP contribution < -0.4 is 5.73 Å². The minimum absolute atomic E-state index is 0.165. The molecular weight excluding hydrogens is 221 g/mol. The lowest BCUT2D eigenvalue weighted by atomic mass is 10.2. The summed E-state index contributed by atoms with van der Waals surface area (Å²) in [6.45, 7) is 0.881. The highest BCUT2D eigenvalue weighted by Gasteiger charge is 2.44. The largest absolute Gasteiger partial charge is 0.406 e. The standard InChI is InChI=1S/C10H17F3N2O/c1-2-3-4-15(6-10(11,12)13)9(16)7-5-8(7)14/h7-8H,2-6,14H2,1H3. The molecule has 0 aliphatic heterocycles. The number of carbonyl (C=O) groups is 1. The van der Waals surface area contributed by atoms with Crippen molar-refractivity contribution in [1.82, 2.24) is 4.90 Å². The summed E-state index contributed by atoms with van der Waals surface area (Å²) < 4.78 is 36.7. The van der Waals surface area contributed by atoms with Crippen LogP contribution >= 0.6 is 0 Å². The summed E-state index contributed by atoms with van der Waals surface area (Å²) in [4.78, 5) is 12.5. The van der Waals surface area contributed by atoms with Gasteiger partial charge in [-0.2, -0.15) is 13.2 Å². The maximum atomic E-state index is 12.2. The Hall–Kier alpha value is -0.780. The van der Waals surface area contributed by atoms with E-state index < -0.39 is 18.6 Å². The van der Waals surface area contributed by atoms with Gasteiger partial charge in [0.25, 0.3) is 0 Å². The number of alkyl halides is 3. The van der Waals surface area contributed by atoms with E-state index in [2.05, 4.69) is 0 Å². The fraction of sp³-hybridized carbons (Fsp3) is 0.900. The third-order valence-electron chi connectivity index (χ3n) is 2.62. The van der Waals surface area contributed by atoms with Crippen molar-refractivity contribution in [2.75, 3.05) is 13.1 Å². The number of hydrogen-bond acceptors (Lipinski definition) is 2. The summed E-state index contributed by atoms with van der Waals surface area (Å²) >= 11 is 0. The van der Waals surface area contributed by atoms with Gasteiger partial charge in [0, 0.05) is 12.6 Å². The number of nitrogens with two attached hydrogens (primary N) is 1. The number of hydrogen-bond donors (Lipinski definition) is 1. The predicted octanol–water partition coefficient (Wildman–Crippen LogP) is 1.52. The van der Waals surface area contributed by atoms with Crippen molar-refractivity contribution in [3.8, 4) is 0 Å². The van der Waals surface area contributed by atoms with Gasteiger partial charge in [-0.1, -0.05) is 13.3 Å². The molecular formula is C10H17F3N2O. The highest BCUT2D eigenvalue weighted by molar-refractivity contribution is 5.82. The highest BCUT2D eigenvalue weighted by atomic mass is 19.4. The zero-order valence-electron chi connectivity index (χ0n) is 9.26. The zero-order chi connectivity index (χ0) is 12.3. The molecule has 1 aliphatic rings. The molecule has 6 heteroatoms. The second-order valence-electron chi connectivity index (χ2n) is 4.23. The molecule has 0 saturated heterocycles. The monoisotopic (exact) mass is 238 g/mol. The smallest absolute Gasteiger partial charge is 0.333 e. The normalized spacial score (nSPS) is 24.3. The van der Waals surface area contributed by atoms with Crippen molar-refractivity contribution in [2.45, 2.75) is 38.4 Å². The van der Waals surface area contributed by atoms with Gasteiger partial charge in [-0.25, -0.2) is 0 Å². The minimum atomic E-state index is -4.33. The van der Waals surface area contributed by atoms with Crippen molar-refractivity contribution in [3.63, 3.8) is 0 Å². The van der Waals surface area contributed by atoms with Crippen molar-refractivity contribution >= 4 is 5.91 Å². The molecule has 1 amide bonds. The van der Waals surface area contributed by atoms with Gasteiger partial charge in [-0.05, 0) is 12.8 Å². The van der Waals surface area contributed by atoms with Gasteiger partial charge in [0.1, 0.15) is 6.54 Å². The van der Waals surface area contributed by atoms with Gasteiger partial charge in [-0.3, -0.25) is 4.79 Å². The average molecular weight is 238 g/mol. The first-order valence-electron chi connectivity index (χ1n) is 5.46. The summed E-state index contributed by atoms with van der Waals surface area (Å²) in [5, 5.41) is 0. The van der Waals surface area contributed by atoms with Crippen LogP contribution in [0.1, 0.15) is 26.2 Å². The fourth-order valence-electron chi connectivity index (χ4n) is 1.57. The van der Waals surface area contributed by atoms with Crippen LogP contribution in [0.2, 0.25) is 0 Å². The van der Waals surface area contributed by atoms with E-state index in [0.717, 1.165) is 11.3 Å². The minimum Gasteiger partial charge on any atom is -0.333 e. The van der Waals surface area contributed by atoms with E-state index in [1.165, 1.54) is 0 Å². The molecule has 16 heavy (non-hydrogen) atoms. The van der Waals surface area contributed by atoms with Crippen molar-refractivity contribution < 1.29 is 18.0 Å². The molecule has 0 bridgehead atoms. The molecule has 1 rings (SSSR count). The van der Waals surface area contributed by atoms with E-state index in [1.807, 2.05) is 6.92 Å². The van der Waals surface area contributed by atoms with Crippen LogP contribution in [0.15, 0.2) is 0 Å². The molecule has 1 saturated carbocycles. The molecule has 2 unspecified atom stereocenters. The Kier molecular flexibility index (Phi) is 4.18. The molecule has 2 atom stereocenters. The number of amides is 1. The lowest BCUT2D eigenvalue weighted by molar-refractivity contribution is -0.162. The Morgan fingerprint density at radius 1 is 1.50 bits per heavy atom. The zero-order valence-corrected chi connectivity index (χ0v) is 9.26. The second-order valence-corrected chi connectivity index (χ2v) is 4.23. The van der Waals surface area contributed by atoms with Crippen molar-refractivity contribution in [1.29, 1.82) is 0 Å². The number of nitrogens with zero attached hydrogens (tertiary/aromatic N) is 1. The van der Waals surface area contributed by atoms with E-state index >= 15 is 0 Å². The Labute approximate surface area is 92.8 Å². The van der Waals surface area contributed by atoms with Crippen molar-refractivity contribution in [3.05, 3.63) is 0 Å². The van der Waals surface area contributed by atoms with E-state index in [9.17, 15) is 18.0 Å². The summed E-state index contributed by atoms with van der Waals surface area (Å²) in [6.07, 6.45) is -2.47.